The normalized spacial score (nSPS) is 21.9. The Balaban J connectivity index is 1.78. The van der Waals surface area contributed by atoms with E-state index in [0.717, 1.165) is 5.69 Å². The van der Waals surface area contributed by atoms with Crippen molar-refractivity contribution < 1.29 is 28.2 Å². The molecule has 2 atom stereocenters. The van der Waals surface area contributed by atoms with Crippen LogP contribution in [0.1, 0.15) is 12.8 Å². The molecule has 0 amide bonds. The van der Waals surface area contributed by atoms with E-state index in [9.17, 15) is 13.6 Å². The van der Waals surface area contributed by atoms with Gasteiger partial charge in [0, 0.05) is 12.2 Å². The first kappa shape index (κ1) is 14.5. The largest absolute Gasteiger partial charge is 0.479 e. The van der Waals surface area contributed by atoms with Crippen LogP contribution >= 0.6 is 0 Å². The van der Waals surface area contributed by atoms with Gasteiger partial charge in [0.1, 0.15) is 5.75 Å². The summed E-state index contributed by atoms with van der Waals surface area (Å²) < 4.78 is 33.5. The van der Waals surface area contributed by atoms with Gasteiger partial charge in [-0.25, -0.2) is 4.79 Å². The maximum Gasteiger partial charge on any atom is 0.387 e. The number of hydrogen-bond donors (Lipinski definition) is 2. The van der Waals surface area contributed by atoms with Gasteiger partial charge in [-0.1, -0.05) is 0 Å². The number of halogens is 2. The highest BCUT2D eigenvalue weighted by Crippen LogP contribution is 2.21. The van der Waals surface area contributed by atoms with Crippen LogP contribution in [-0.4, -0.2) is 36.4 Å². The number of hydrogen-bond acceptors (Lipinski definition) is 4. The van der Waals surface area contributed by atoms with Crippen molar-refractivity contribution in [1.82, 2.24) is 0 Å². The number of ether oxygens (including phenoxy) is 2. The molecule has 1 aliphatic heterocycles. The van der Waals surface area contributed by atoms with Crippen LogP contribution in [0.25, 0.3) is 0 Å². The number of carboxylic acid groups (broad SMARTS) is 1. The van der Waals surface area contributed by atoms with E-state index in [1.165, 1.54) is 12.1 Å². The van der Waals surface area contributed by atoms with Crippen LogP contribution in [0.4, 0.5) is 14.5 Å². The number of carbonyl (C=O) groups is 1. The lowest BCUT2D eigenvalue weighted by molar-refractivity contribution is -0.149. The van der Waals surface area contributed by atoms with Gasteiger partial charge in [0.15, 0.2) is 6.10 Å². The van der Waals surface area contributed by atoms with Crippen molar-refractivity contribution >= 4 is 11.7 Å². The monoisotopic (exact) mass is 287 g/mol. The summed E-state index contributed by atoms with van der Waals surface area (Å²) in [5.41, 5.74) is 0.731. The van der Waals surface area contributed by atoms with E-state index < -0.39 is 18.7 Å². The Bertz CT molecular complexity index is 452. The smallest absolute Gasteiger partial charge is 0.387 e. The van der Waals surface area contributed by atoms with Gasteiger partial charge in [-0.3, -0.25) is 0 Å². The molecular weight excluding hydrogens is 272 g/mol. The molecule has 1 aromatic rings. The molecule has 2 N–H and O–H groups in total. The molecule has 0 spiro atoms. The minimum absolute atomic E-state index is 0.0913. The van der Waals surface area contributed by atoms with Crippen LogP contribution < -0.4 is 10.1 Å². The lowest BCUT2D eigenvalue weighted by Gasteiger charge is -2.13. The SMILES string of the molecule is O=C(O)C1CCC(CNc2ccc(OC(F)F)cc2)O1. The van der Waals surface area contributed by atoms with Crippen LogP contribution in [0.2, 0.25) is 0 Å². The highest BCUT2D eigenvalue weighted by Gasteiger charge is 2.30. The van der Waals surface area contributed by atoms with E-state index in [0.29, 0.717) is 19.4 Å². The van der Waals surface area contributed by atoms with Crippen LogP contribution in [0.15, 0.2) is 24.3 Å². The fourth-order valence-electron chi connectivity index (χ4n) is 2.02. The molecule has 5 nitrogen and oxygen atoms in total. The third-order valence-corrected chi connectivity index (χ3v) is 3.00. The zero-order chi connectivity index (χ0) is 14.5. The average molecular weight is 287 g/mol. The number of alkyl halides is 2. The minimum Gasteiger partial charge on any atom is -0.479 e. The number of carboxylic acids is 1. The first-order valence-electron chi connectivity index (χ1n) is 6.21. The Kier molecular flexibility index (Phi) is 4.73. The Morgan fingerprint density at radius 3 is 2.65 bits per heavy atom. The Morgan fingerprint density at radius 1 is 1.40 bits per heavy atom. The first-order chi connectivity index (χ1) is 9.54. The number of nitrogens with one attached hydrogen (secondary N) is 1. The van der Waals surface area contributed by atoms with Crippen molar-refractivity contribution in [1.29, 1.82) is 0 Å². The van der Waals surface area contributed by atoms with Crippen molar-refractivity contribution in [2.75, 3.05) is 11.9 Å². The summed E-state index contributed by atoms with van der Waals surface area (Å²) in [5, 5.41) is 11.9. The van der Waals surface area contributed by atoms with Gasteiger partial charge in [0.2, 0.25) is 0 Å². The average Bonchev–Trinajstić information content (AvgIpc) is 2.86. The third-order valence-electron chi connectivity index (χ3n) is 3.00. The fourth-order valence-corrected chi connectivity index (χ4v) is 2.02. The minimum atomic E-state index is -2.84. The number of aliphatic carboxylic acids is 1. The van der Waals surface area contributed by atoms with E-state index in [4.69, 9.17) is 9.84 Å². The molecule has 7 heteroatoms. The number of anilines is 1. The molecule has 0 aliphatic carbocycles. The molecule has 0 bridgehead atoms. The van der Waals surface area contributed by atoms with E-state index in [1.54, 1.807) is 12.1 Å². The molecule has 2 rings (SSSR count). The van der Waals surface area contributed by atoms with Crippen LogP contribution in [-0.2, 0) is 9.53 Å². The van der Waals surface area contributed by atoms with Gasteiger partial charge in [-0.05, 0) is 37.1 Å². The van der Waals surface area contributed by atoms with E-state index in [1.807, 2.05) is 0 Å². The summed E-state index contributed by atoms with van der Waals surface area (Å²) in [6.45, 7) is -2.37. The highest BCUT2D eigenvalue weighted by molar-refractivity contribution is 5.72. The standard InChI is InChI=1S/C13H15F2NO4/c14-13(15)20-9-3-1-8(2-4-9)16-7-10-5-6-11(19-10)12(17)18/h1-4,10-11,13,16H,5-7H2,(H,17,18). The summed E-state index contributed by atoms with van der Waals surface area (Å²) in [5.74, 6) is -0.852. The van der Waals surface area contributed by atoms with Gasteiger partial charge in [-0.2, -0.15) is 8.78 Å². The summed E-state index contributed by atoms with van der Waals surface area (Å²) in [7, 11) is 0. The Hall–Kier alpha value is -1.89. The molecule has 20 heavy (non-hydrogen) atoms. The van der Waals surface area contributed by atoms with Crippen molar-refractivity contribution in [2.24, 2.45) is 0 Å². The molecule has 1 fully saturated rings. The van der Waals surface area contributed by atoms with Crippen molar-refractivity contribution in [3.05, 3.63) is 24.3 Å². The lowest BCUT2D eigenvalue weighted by Crippen LogP contribution is -2.24. The predicted molar refractivity (Wildman–Crippen MR) is 67.1 cm³/mol. The van der Waals surface area contributed by atoms with Gasteiger partial charge in [-0.15, -0.1) is 0 Å². The van der Waals surface area contributed by atoms with Gasteiger partial charge < -0.3 is 19.9 Å². The van der Waals surface area contributed by atoms with E-state index >= 15 is 0 Å². The van der Waals surface area contributed by atoms with E-state index in [2.05, 4.69) is 10.1 Å². The predicted octanol–water partition coefficient (Wildman–Crippen LogP) is 2.33. The summed E-state index contributed by atoms with van der Waals surface area (Å²) >= 11 is 0. The molecule has 0 saturated carbocycles. The molecule has 1 aliphatic rings. The molecule has 0 radical (unpaired) electrons. The maximum atomic E-state index is 12.0. The lowest BCUT2D eigenvalue weighted by atomic mass is 10.2. The third kappa shape index (κ3) is 4.06. The second-order valence-electron chi connectivity index (χ2n) is 4.45. The zero-order valence-electron chi connectivity index (χ0n) is 10.6. The molecule has 1 saturated heterocycles. The number of benzene rings is 1. The van der Waals surface area contributed by atoms with Gasteiger partial charge >= 0.3 is 12.6 Å². The zero-order valence-corrected chi connectivity index (χ0v) is 10.6. The quantitative estimate of drug-likeness (QED) is 0.840. The van der Waals surface area contributed by atoms with Crippen molar-refractivity contribution in [3.8, 4) is 5.75 Å². The molecule has 2 unspecified atom stereocenters. The topological polar surface area (TPSA) is 67.8 Å². The van der Waals surface area contributed by atoms with Crippen molar-refractivity contribution in [3.63, 3.8) is 0 Å². The van der Waals surface area contributed by atoms with Crippen LogP contribution in [0.5, 0.6) is 5.75 Å². The first-order valence-corrected chi connectivity index (χ1v) is 6.21. The molecular formula is C13H15F2NO4. The molecule has 110 valence electrons. The van der Waals surface area contributed by atoms with Crippen LogP contribution in [0, 0.1) is 0 Å². The second-order valence-corrected chi connectivity index (χ2v) is 4.45. The summed E-state index contributed by atoms with van der Waals surface area (Å²) in [6.07, 6.45) is 0.288. The molecule has 1 aromatic carbocycles. The summed E-state index contributed by atoms with van der Waals surface area (Å²) in [4.78, 5) is 10.7. The highest BCUT2D eigenvalue weighted by atomic mass is 19.3. The maximum absolute atomic E-state index is 12.0. The molecule has 0 aromatic heterocycles. The number of rotatable bonds is 6. The van der Waals surface area contributed by atoms with Crippen molar-refractivity contribution in [2.45, 2.75) is 31.7 Å². The van der Waals surface area contributed by atoms with Gasteiger partial charge in [0.25, 0.3) is 0 Å². The second kappa shape index (κ2) is 6.51. The van der Waals surface area contributed by atoms with Crippen LogP contribution in [0.3, 0.4) is 0 Å². The molecule has 1 heterocycles. The summed E-state index contributed by atoms with van der Waals surface area (Å²) in [6, 6.07) is 6.09. The Morgan fingerprint density at radius 2 is 2.10 bits per heavy atom. The fraction of sp³-hybridized carbons (Fsp3) is 0.462. The van der Waals surface area contributed by atoms with Gasteiger partial charge in [0.05, 0.1) is 6.10 Å². The Labute approximate surface area is 114 Å². The van der Waals surface area contributed by atoms with E-state index in [-0.39, 0.29) is 11.9 Å².